The van der Waals surface area contributed by atoms with E-state index in [1.54, 1.807) is 10.8 Å². The molecule has 9 heavy (non-hydrogen) atoms. The van der Waals surface area contributed by atoms with Gasteiger partial charge in [0.1, 0.15) is 0 Å². The highest BCUT2D eigenvalue weighted by molar-refractivity contribution is 8.68. The molecule has 0 aliphatic rings. The van der Waals surface area contributed by atoms with Crippen LogP contribution in [-0.4, -0.2) is 5.75 Å². The molecule has 56 valence electrons. The highest BCUT2D eigenvalue weighted by Gasteiger charge is 2.02. The first kappa shape index (κ1) is 9.70. The number of thiol groups is 1. The minimum atomic E-state index is 0.900. The summed E-state index contributed by atoms with van der Waals surface area (Å²) >= 11 is 4.12. The van der Waals surface area contributed by atoms with E-state index >= 15 is 0 Å². The van der Waals surface area contributed by atoms with Crippen LogP contribution < -0.4 is 0 Å². The fourth-order valence-corrected chi connectivity index (χ4v) is 2.16. The zero-order chi connectivity index (χ0) is 7.11. The van der Waals surface area contributed by atoms with Crippen LogP contribution in [0.3, 0.4) is 0 Å². The second-order valence-corrected chi connectivity index (χ2v) is 3.72. The summed E-state index contributed by atoms with van der Waals surface area (Å²) in [6.45, 7) is 4.50. The van der Waals surface area contributed by atoms with Crippen LogP contribution in [0.15, 0.2) is 0 Å². The van der Waals surface area contributed by atoms with Gasteiger partial charge in [-0.05, 0) is 12.3 Å². The molecule has 0 radical (unpaired) electrons. The summed E-state index contributed by atoms with van der Waals surface area (Å²) < 4.78 is 0. The van der Waals surface area contributed by atoms with Gasteiger partial charge in [-0.3, -0.25) is 0 Å². The third-order valence-electron chi connectivity index (χ3n) is 1.58. The lowest BCUT2D eigenvalue weighted by Crippen LogP contribution is -1.99. The third kappa shape index (κ3) is 5.16. The van der Waals surface area contributed by atoms with Crippen LogP contribution in [0.4, 0.5) is 0 Å². The summed E-state index contributed by atoms with van der Waals surface area (Å²) in [6, 6.07) is 0. The first-order valence-corrected chi connectivity index (χ1v) is 5.65. The van der Waals surface area contributed by atoms with Crippen LogP contribution in [0.2, 0.25) is 0 Å². The van der Waals surface area contributed by atoms with E-state index in [0.717, 1.165) is 5.92 Å². The smallest absolute Gasteiger partial charge is 0.00627 e. The molecule has 1 unspecified atom stereocenters. The van der Waals surface area contributed by atoms with Crippen LogP contribution in [0.1, 0.15) is 33.1 Å². The molecule has 1 atom stereocenters. The van der Waals surface area contributed by atoms with Crippen LogP contribution >= 0.6 is 22.5 Å². The number of hydrogen-bond acceptors (Lipinski definition) is 2. The molecule has 0 aromatic heterocycles. The molecule has 0 N–H and O–H groups in total. The average molecular weight is 164 g/mol. The van der Waals surface area contributed by atoms with E-state index in [0.29, 0.717) is 0 Å². The first-order valence-electron chi connectivity index (χ1n) is 3.61. The van der Waals surface area contributed by atoms with E-state index < -0.39 is 0 Å². The van der Waals surface area contributed by atoms with Crippen molar-refractivity contribution in [3.8, 4) is 0 Å². The van der Waals surface area contributed by atoms with Gasteiger partial charge in [0.05, 0.1) is 0 Å². The Labute approximate surface area is 67.6 Å². The molecule has 2 heteroatoms. The Morgan fingerprint density at radius 2 is 2.11 bits per heavy atom. The van der Waals surface area contributed by atoms with E-state index in [-0.39, 0.29) is 0 Å². The molecule has 0 aliphatic carbocycles. The van der Waals surface area contributed by atoms with Gasteiger partial charge >= 0.3 is 0 Å². The molecule has 0 spiro atoms. The quantitative estimate of drug-likeness (QED) is 0.480. The van der Waals surface area contributed by atoms with Crippen LogP contribution in [0.25, 0.3) is 0 Å². The molecule has 0 aromatic rings. The maximum absolute atomic E-state index is 4.12. The zero-order valence-corrected chi connectivity index (χ0v) is 7.97. The van der Waals surface area contributed by atoms with Crippen LogP contribution in [-0.2, 0) is 0 Å². The van der Waals surface area contributed by atoms with E-state index in [1.165, 1.54) is 25.0 Å². The maximum Gasteiger partial charge on any atom is 0.00627 e. The molecule has 0 amide bonds. The summed E-state index contributed by atoms with van der Waals surface area (Å²) in [6.07, 6.45) is 3.98. The van der Waals surface area contributed by atoms with E-state index in [4.69, 9.17) is 0 Å². The van der Waals surface area contributed by atoms with Crippen molar-refractivity contribution in [3.63, 3.8) is 0 Å². The average Bonchev–Trinajstić information content (AvgIpc) is 1.88. The number of hydrogen-bond donors (Lipinski definition) is 1. The lowest BCUT2D eigenvalue weighted by molar-refractivity contribution is 0.518. The molecule has 0 aromatic carbocycles. The normalized spacial score (nSPS) is 13.7. The van der Waals surface area contributed by atoms with Gasteiger partial charge in [0.25, 0.3) is 0 Å². The molecule has 0 fully saturated rings. The van der Waals surface area contributed by atoms with Crippen molar-refractivity contribution in [2.24, 2.45) is 5.92 Å². The summed E-state index contributed by atoms with van der Waals surface area (Å²) in [5.74, 6) is 2.12. The van der Waals surface area contributed by atoms with Gasteiger partial charge in [-0.1, -0.05) is 37.5 Å². The van der Waals surface area contributed by atoms with Gasteiger partial charge in [-0.25, -0.2) is 0 Å². The predicted molar refractivity (Wildman–Crippen MR) is 50.1 cm³/mol. The van der Waals surface area contributed by atoms with Crippen LogP contribution in [0, 0.1) is 5.92 Å². The highest BCUT2D eigenvalue weighted by Crippen LogP contribution is 2.18. The Kier molecular flexibility index (Phi) is 7.34. The number of rotatable bonds is 5. The minimum absolute atomic E-state index is 0.900. The summed E-state index contributed by atoms with van der Waals surface area (Å²) in [4.78, 5) is 0. The summed E-state index contributed by atoms with van der Waals surface area (Å²) in [5, 5.41) is 0. The minimum Gasteiger partial charge on any atom is -0.111 e. The molecule has 0 bridgehead atoms. The Morgan fingerprint density at radius 1 is 1.44 bits per heavy atom. The first-order chi connectivity index (χ1) is 4.35. The molecule has 0 nitrogen and oxygen atoms in total. The summed E-state index contributed by atoms with van der Waals surface area (Å²) in [5.41, 5.74) is 0. The van der Waals surface area contributed by atoms with Crippen molar-refractivity contribution in [1.82, 2.24) is 0 Å². The van der Waals surface area contributed by atoms with Gasteiger partial charge in [0, 0.05) is 5.75 Å². The second kappa shape index (κ2) is 6.81. The fourth-order valence-electron chi connectivity index (χ4n) is 0.919. The van der Waals surface area contributed by atoms with Crippen molar-refractivity contribution in [2.45, 2.75) is 33.1 Å². The lowest BCUT2D eigenvalue weighted by Gasteiger charge is -2.09. The molecule has 0 saturated carbocycles. The fraction of sp³-hybridized carbons (Fsp3) is 1.00. The zero-order valence-electron chi connectivity index (χ0n) is 6.26. The molecule has 0 saturated heterocycles. The van der Waals surface area contributed by atoms with Gasteiger partial charge in [0.15, 0.2) is 0 Å². The van der Waals surface area contributed by atoms with E-state index in [2.05, 4.69) is 25.5 Å². The Balaban J connectivity index is 3.18. The van der Waals surface area contributed by atoms with Gasteiger partial charge in [-0.2, -0.15) is 0 Å². The topological polar surface area (TPSA) is 0 Å². The van der Waals surface area contributed by atoms with Crippen molar-refractivity contribution in [3.05, 3.63) is 0 Å². The predicted octanol–water partition coefficient (Wildman–Crippen LogP) is 3.39. The lowest BCUT2D eigenvalue weighted by atomic mass is 10.0. The standard InChI is InChI=1S/C7H16S2/c1-3-5-7(4-2)6-9-8/h7-8H,3-6H2,1-2H3. The van der Waals surface area contributed by atoms with Crippen molar-refractivity contribution >= 4 is 22.5 Å². The Hall–Kier alpha value is 0.700. The summed E-state index contributed by atoms with van der Waals surface area (Å²) in [7, 11) is 1.67. The SMILES string of the molecule is CCCC(CC)CSS. The largest absolute Gasteiger partial charge is 0.111 e. The van der Waals surface area contributed by atoms with Crippen molar-refractivity contribution < 1.29 is 0 Å². The monoisotopic (exact) mass is 164 g/mol. The van der Waals surface area contributed by atoms with E-state index in [1.807, 2.05) is 0 Å². The molecule has 0 rings (SSSR count). The maximum atomic E-state index is 4.12. The molecule has 0 heterocycles. The van der Waals surface area contributed by atoms with Crippen molar-refractivity contribution in [1.29, 1.82) is 0 Å². The highest BCUT2D eigenvalue weighted by atomic mass is 33.1. The van der Waals surface area contributed by atoms with Gasteiger partial charge in [0.2, 0.25) is 0 Å². The molecular formula is C7H16S2. The van der Waals surface area contributed by atoms with Gasteiger partial charge < -0.3 is 0 Å². The van der Waals surface area contributed by atoms with Gasteiger partial charge in [-0.15, -0.1) is 11.7 Å². The second-order valence-electron chi connectivity index (χ2n) is 2.36. The van der Waals surface area contributed by atoms with Crippen molar-refractivity contribution in [2.75, 3.05) is 5.75 Å². The third-order valence-corrected chi connectivity index (χ3v) is 2.65. The molecular weight excluding hydrogens is 148 g/mol. The Morgan fingerprint density at radius 3 is 2.44 bits per heavy atom. The molecule has 0 aliphatic heterocycles. The Bertz CT molecular complexity index is 48.9. The van der Waals surface area contributed by atoms with E-state index in [9.17, 15) is 0 Å². The van der Waals surface area contributed by atoms with Crippen LogP contribution in [0.5, 0.6) is 0 Å².